The Morgan fingerprint density at radius 1 is 0.921 bits per heavy atom. The topological polar surface area (TPSA) is 75.1 Å². The molecule has 2 aromatic carbocycles. The van der Waals surface area contributed by atoms with Crippen molar-refractivity contribution in [1.29, 1.82) is 0 Å². The number of aromatic amines is 1. The maximum absolute atomic E-state index is 13.5. The summed E-state index contributed by atoms with van der Waals surface area (Å²) in [6, 6.07) is 18.5. The summed E-state index contributed by atoms with van der Waals surface area (Å²) in [7, 11) is 3.37. The van der Waals surface area contributed by atoms with Gasteiger partial charge in [-0.1, -0.05) is 24.3 Å². The first kappa shape index (κ1) is 24.7. The fourth-order valence-electron chi connectivity index (χ4n) is 5.83. The van der Waals surface area contributed by atoms with Crippen molar-refractivity contribution in [2.75, 3.05) is 33.9 Å². The van der Waals surface area contributed by atoms with Crippen LogP contribution < -0.4 is 15.0 Å². The van der Waals surface area contributed by atoms with Gasteiger partial charge >= 0.3 is 0 Å². The summed E-state index contributed by atoms with van der Waals surface area (Å²) in [5, 5.41) is 3.43. The molecular formula is C30H35N5O3. The van der Waals surface area contributed by atoms with Crippen LogP contribution in [0, 0.1) is 0 Å². The van der Waals surface area contributed by atoms with Gasteiger partial charge in [-0.15, -0.1) is 0 Å². The lowest BCUT2D eigenvalue weighted by Crippen LogP contribution is -2.36. The predicted octanol–water partition coefficient (Wildman–Crippen LogP) is 3.98. The minimum atomic E-state index is 0.0292. The van der Waals surface area contributed by atoms with Crippen LogP contribution in [0.3, 0.4) is 0 Å². The molecule has 1 unspecified atom stereocenters. The molecule has 1 fully saturated rings. The molecule has 1 atom stereocenters. The van der Waals surface area contributed by atoms with Crippen LogP contribution in [0.15, 0.2) is 59.4 Å². The number of ether oxygens (including phenoxy) is 2. The zero-order valence-electron chi connectivity index (χ0n) is 22.2. The van der Waals surface area contributed by atoms with Gasteiger partial charge in [-0.3, -0.25) is 19.7 Å². The maximum atomic E-state index is 13.5. The van der Waals surface area contributed by atoms with Gasteiger partial charge in [0.2, 0.25) is 0 Å². The quantitative estimate of drug-likeness (QED) is 0.403. The lowest BCUT2D eigenvalue weighted by molar-refractivity contribution is 0.198. The summed E-state index contributed by atoms with van der Waals surface area (Å²) < 4.78 is 12.2. The molecular weight excluding hydrogens is 478 g/mol. The lowest BCUT2D eigenvalue weighted by atomic mass is 9.94. The number of H-pyrrole nitrogens is 1. The lowest BCUT2D eigenvalue weighted by Gasteiger charge is -2.32. The summed E-state index contributed by atoms with van der Waals surface area (Å²) in [5.74, 6) is 2.09. The van der Waals surface area contributed by atoms with Gasteiger partial charge in [0.25, 0.3) is 5.56 Å². The van der Waals surface area contributed by atoms with Crippen molar-refractivity contribution in [2.24, 2.45) is 0 Å². The number of rotatable bonds is 7. The van der Waals surface area contributed by atoms with Gasteiger partial charge in [0.15, 0.2) is 5.65 Å². The fourth-order valence-corrected chi connectivity index (χ4v) is 5.83. The predicted molar refractivity (Wildman–Crippen MR) is 147 cm³/mol. The van der Waals surface area contributed by atoms with Crippen LogP contribution in [0.5, 0.6) is 11.5 Å². The van der Waals surface area contributed by atoms with E-state index >= 15 is 0 Å². The largest absolute Gasteiger partial charge is 0.497 e. The van der Waals surface area contributed by atoms with Gasteiger partial charge in [-0.05, 0) is 54.8 Å². The number of nitrogens with zero attached hydrogens (tertiary/aromatic N) is 4. The molecule has 2 aliphatic rings. The Hall–Kier alpha value is -3.62. The van der Waals surface area contributed by atoms with Gasteiger partial charge in [0.05, 0.1) is 25.5 Å². The van der Waals surface area contributed by atoms with Crippen molar-refractivity contribution in [1.82, 2.24) is 24.4 Å². The van der Waals surface area contributed by atoms with E-state index in [1.54, 1.807) is 18.7 Å². The molecule has 0 bridgehead atoms. The average molecular weight is 514 g/mol. The highest BCUT2D eigenvalue weighted by Gasteiger charge is 2.26. The first-order chi connectivity index (χ1) is 18.6. The van der Waals surface area contributed by atoms with Crippen molar-refractivity contribution in [3.8, 4) is 11.5 Å². The molecule has 2 aromatic heterocycles. The van der Waals surface area contributed by atoms with Gasteiger partial charge in [0, 0.05) is 56.8 Å². The number of methoxy groups -OCH3 is 2. The Kier molecular flexibility index (Phi) is 6.91. The number of likely N-dealkylation sites (tertiary alicyclic amines) is 1. The Morgan fingerprint density at radius 2 is 1.58 bits per heavy atom. The standard InChI is InChI=1S/C30H35N5O3/c1-37-24-9-5-21(6-10-24)17-33-14-3-4-23(19-33)28-16-29-31-27-13-15-34(20-26(27)30(36)35(29)32-28)18-22-7-11-25(38-2)12-8-22/h5-12,16,23,32H,3-4,13-15,17-20H2,1-2H3. The second-order valence-corrected chi connectivity index (χ2v) is 10.5. The van der Waals surface area contributed by atoms with Crippen LogP contribution >= 0.6 is 0 Å². The van der Waals surface area contributed by atoms with E-state index in [0.29, 0.717) is 12.5 Å². The molecule has 6 rings (SSSR count). The molecule has 198 valence electrons. The molecule has 0 saturated carbocycles. The van der Waals surface area contributed by atoms with Crippen LogP contribution in [-0.4, -0.2) is 58.3 Å². The Labute approximate surface area is 222 Å². The van der Waals surface area contributed by atoms with E-state index in [9.17, 15) is 4.79 Å². The average Bonchev–Trinajstić information content (AvgIpc) is 3.39. The van der Waals surface area contributed by atoms with Crippen molar-refractivity contribution in [3.05, 3.63) is 93.0 Å². The number of benzene rings is 2. The van der Waals surface area contributed by atoms with Crippen molar-refractivity contribution in [3.63, 3.8) is 0 Å². The molecule has 4 heterocycles. The zero-order chi connectivity index (χ0) is 26.1. The van der Waals surface area contributed by atoms with Crippen molar-refractivity contribution < 1.29 is 9.47 Å². The number of piperidine rings is 1. The summed E-state index contributed by atoms with van der Waals surface area (Å²) in [6.07, 6.45) is 3.03. The number of hydrogen-bond donors (Lipinski definition) is 1. The highest BCUT2D eigenvalue weighted by atomic mass is 16.5. The molecule has 1 N–H and O–H groups in total. The molecule has 8 nitrogen and oxygen atoms in total. The van der Waals surface area contributed by atoms with Crippen LogP contribution in [0.4, 0.5) is 0 Å². The van der Waals surface area contributed by atoms with Gasteiger partial charge < -0.3 is 9.47 Å². The molecule has 0 aliphatic carbocycles. The van der Waals surface area contributed by atoms with Gasteiger partial charge in [-0.25, -0.2) is 9.50 Å². The molecule has 0 spiro atoms. The normalized spacial score (nSPS) is 18.4. The third kappa shape index (κ3) is 5.06. The van der Waals surface area contributed by atoms with E-state index < -0.39 is 0 Å². The third-order valence-electron chi connectivity index (χ3n) is 7.94. The Balaban J connectivity index is 1.17. The molecule has 1 saturated heterocycles. The molecule has 8 heteroatoms. The SMILES string of the molecule is COc1ccc(CN2CCc3nc4cc(C5CCCN(Cc6ccc(OC)cc6)C5)[nH]n4c(=O)c3C2)cc1. The van der Waals surface area contributed by atoms with Crippen LogP contribution in [0.1, 0.15) is 46.8 Å². The maximum Gasteiger partial charge on any atom is 0.277 e. The molecule has 4 aromatic rings. The van der Waals surface area contributed by atoms with Crippen LogP contribution in [0.2, 0.25) is 0 Å². The number of aromatic nitrogens is 3. The Bertz CT molecular complexity index is 1460. The van der Waals surface area contributed by atoms with Crippen LogP contribution in [-0.2, 0) is 26.1 Å². The highest BCUT2D eigenvalue weighted by molar-refractivity contribution is 5.43. The minimum Gasteiger partial charge on any atom is -0.497 e. The molecule has 0 amide bonds. The van der Waals surface area contributed by atoms with Gasteiger partial charge in [-0.2, -0.15) is 0 Å². The number of hydrogen-bond acceptors (Lipinski definition) is 6. The summed E-state index contributed by atoms with van der Waals surface area (Å²) in [5.41, 5.74) is 6.11. The van der Waals surface area contributed by atoms with E-state index in [1.165, 1.54) is 11.1 Å². The van der Waals surface area contributed by atoms with Gasteiger partial charge in [0.1, 0.15) is 11.5 Å². The highest BCUT2D eigenvalue weighted by Crippen LogP contribution is 2.28. The second kappa shape index (κ2) is 10.6. The minimum absolute atomic E-state index is 0.0292. The number of nitrogens with one attached hydrogen (secondary N) is 1. The van der Waals surface area contributed by atoms with E-state index in [-0.39, 0.29) is 5.56 Å². The second-order valence-electron chi connectivity index (χ2n) is 10.5. The van der Waals surface area contributed by atoms with Crippen molar-refractivity contribution >= 4 is 5.65 Å². The summed E-state index contributed by atoms with van der Waals surface area (Å²) >= 11 is 0. The molecule has 0 radical (unpaired) electrons. The number of fused-ring (bicyclic) bond motifs is 2. The summed E-state index contributed by atoms with van der Waals surface area (Å²) in [4.78, 5) is 23.3. The first-order valence-corrected chi connectivity index (χ1v) is 13.4. The van der Waals surface area contributed by atoms with E-state index in [4.69, 9.17) is 14.5 Å². The molecule has 38 heavy (non-hydrogen) atoms. The zero-order valence-corrected chi connectivity index (χ0v) is 22.2. The fraction of sp³-hybridized carbons (Fsp3) is 0.400. The third-order valence-corrected chi connectivity index (χ3v) is 7.94. The van der Waals surface area contributed by atoms with E-state index in [2.05, 4.69) is 45.2 Å². The monoisotopic (exact) mass is 513 g/mol. The molecule has 2 aliphatic heterocycles. The van der Waals surface area contributed by atoms with E-state index in [1.807, 2.05) is 24.3 Å². The first-order valence-electron chi connectivity index (χ1n) is 13.4. The van der Waals surface area contributed by atoms with Crippen LogP contribution in [0.25, 0.3) is 5.65 Å². The van der Waals surface area contributed by atoms with Crippen molar-refractivity contribution in [2.45, 2.75) is 44.8 Å². The Morgan fingerprint density at radius 3 is 2.24 bits per heavy atom. The smallest absolute Gasteiger partial charge is 0.277 e. The summed E-state index contributed by atoms with van der Waals surface area (Å²) in [6.45, 7) is 5.26. The van der Waals surface area contributed by atoms with E-state index in [0.717, 1.165) is 86.1 Å².